The maximum absolute atomic E-state index is 13.2. The van der Waals surface area contributed by atoms with Crippen LogP contribution in [0.1, 0.15) is 0 Å². The Morgan fingerprint density at radius 3 is 2.59 bits per heavy atom. The van der Waals surface area contributed by atoms with Crippen molar-refractivity contribution in [3.63, 3.8) is 0 Å². The molecule has 0 fully saturated rings. The molecule has 3 heterocycles. The SMILES string of the molecule is COc1ccc(Nc2nc3c(S(=O)(=O)c4ccccc4)nnn3c3ccsc23)c(OC)c1. The van der Waals surface area contributed by atoms with Crippen molar-refractivity contribution in [1.29, 1.82) is 0 Å². The minimum absolute atomic E-state index is 0.126. The van der Waals surface area contributed by atoms with Crippen LogP contribution in [0.25, 0.3) is 15.9 Å². The van der Waals surface area contributed by atoms with Crippen molar-refractivity contribution >= 4 is 48.5 Å². The number of methoxy groups -OCH3 is 2. The van der Waals surface area contributed by atoms with Crippen LogP contribution in [0.2, 0.25) is 0 Å². The van der Waals surface area contributed by atoms with Crippen molar-refractivity contribution in [2.75, 3.05) is 19.5 Å². The molecule has 0 atom stereocenters. The van der Waals surface area contributed by atoms with Crippen LogP contribution in [-0.4, -0.2) is 42.4 Å². The number of sulfone groups is 1. The molecule has 0 aliphatic carbocycles. The fourth-order valence-corrected chi connectivity index (χ4v) is 5.39. The summed E-state index contributed by atoms with van der Waals surface area (Å²) in [6.07, 6.45) is 0. The van der Waals surface area contributed by atoms with Crippen molar-refractivity contribution < 1.29 is 17.9 Å². The molecule has 0 saturated heterocycles. The first kappa shape index (κ1) is 20.2. The highest BCUT2D eigenvalue weighted by Crippen LogP contribution is 2.36. The predicted molar refractivity (Wildman–Crippen MR) is 121 cm³/mol. The first-order chi connectivity index (χ1) is 15.5. The summed E-state index contributed by atoms with van der Waals surface area (Å²) in [4.78, 5) is 4.74. The normalized spacial score (nSPS) is 11.7. The molecule has 0 bridgehead atoms. The molecule has 0 amide bonds. The van der Waals surface area contributed by atoms with E-state index < -0.39 is 9.84 Å². The van der Waals surface area contributed by atoms with Gasteiger partial charge in [-0.05, 0) is 35.7 Å². The average Bonchev–Trinajstić information content (AvgIpc) is 3.47. The van der Waals surface area contributed by atoms with Gasteiger partial charge < -0.3 is 14.8 Å². The van der Waals surface area contributed by atoms with Crippen LogP contribution >= 0.6 is 11.3 Å². The van der Waals surface area contributed by atoms with Gasteiger partial charge in [-0.15, -0.1) is 16.4 Å². The van der Waals surface area contributed by atoms with E-state index in [1.54, 1.807) is 50.6 Å². The van der Waals surface area contributed by atoms with E-state index in [0.717, 1.165) is 4.70 Å². The van der Waals surface area contributed by atoms with Crippen molar-refractivity contribution in [1.82, 2.24) is 19.8 Å². The van der Waals surface area contributed by atoms with Crippen molar-refractivity contribution in [2.24, 2.45) is 0 Å². The lowest BCUT2D eigenvalue weighted by molar-refractivity contribution is 0.395. The molecule has 0 unspecified atom stereocenters. The molecule has 0 aliphatic rings. The summed E-state index contributed by atoms with van der Waals surface area (Å²) in [6.45, 7) is 0. The zero-order chi connectivity index (χ0) is 22.3. The van der Waals surface area contributed by atoms with Crippen LogP contribution in [0.5, 0.6) is 11.5 Å². The van der Waals surface area contributed by atoms with E-state index in [9.17, 15) is 8.42 Å². The summed E-state index contributed by atoms with van der Waals surface area (Å²) in [6, 6.07) is 15.3. The third kappa shape index (κ3) is 3.22. The minimum Gasteiger partial charge on any atom is -0.497 e. The fraction of sp³-hybridized carbons (Fsp3) is 0.0952. The number of aromatic nitrogens is 4. The summed E-state index contributed by atoms with van der Waals surface area (Å²) in [5.74, 6) is 1.67. The van der Waals surface area contributed by atoms with E-state index in [1.165, 1.54) is 28.0 Å². The maximum atomic E-state index is 13.2. The third-order valence-corrected chi connectivity index (χ3v) is 7.47. The number of hydrogen-bond donors (Lipinski definition) is 1. The first-order valence-electron chi connectivity index (χ1n) is 9.44. The van der Waals surface area contributed by atoms with E-state index in [0.29, 0.717) is 28.5 Å². The van der Waals surface area contributed by atoms with Crippen LogP contribution < -0.4 is 14.8 Å². The molecule has 0 saturated carbocycles. The molecule has 9 nitrogen and oxygen atoms in total. The second kappa shape index (κ2) is 7.77. The number of nitrogens with zero attached hydrogens (tertiary/aromatic N) is 4. The summed E-state index contributed by atoms with van der Waals surface area (Å²) in [7, 11) is -0.772. The summed E-state index contributed by atoms with van der Waals surface area (Å²) in [5.41, 5.74) is 1.48. The summed E-state index contributed by atoms with van der Waals surface area (Å²) < 4.78 is 39.4. The van der Waals surface area contributed by atoms with Gasteiger partial charge in [-0.2, -0.15) is 4.52 Å². The monoisotopic (exact) mass is 467 g/mol. The van der Waals surface area contributed by atoms with Crippen LogP contribution in [0.4, 0.5) is 11.5 Å². The summed E-state index contributed by atoms with van der Waals surface area (Å²) >= 11 is 1.45. The molecule has 1 N–H and O–H groups in total. The zero-order valence-corrected chi connectivity index (χ0v) is 18.6. The fourth-order valence-electron chi connectivity index (χ4n) is 3.32. The van der Waals surface area contributed by atoms with Crippen LogP contribution in [0, 0.1) is 0 Å². The average molecular weight is 468 g/mol. The third-order valence-electron chi connectivity index (χ3n) is 4.89. The van der Waals surface area contributed by atoms with Gasteiger partial charge in [0.1, 0.15) is 11.5 Å². The molecule has 162 valence electrons. The number of nitrogens with one attached hydrogen (secondary N) is 1. The second-order valence-electron chi connectivity index (χ2n) is 6.73. The molecule has 3 aromatic heterocycles. The Kier molecular flexibility index (Phi) is 4.91. The zero-order valence-electron chi connectivity index (χ0n) is 17.0. The van der Waals surface area contributed by atoms with E-state index >= 15 is 0 Å². The number of anilines is 2. The van der Waals surface area contributed by atoms with Crippen LogP contribution in [0.3, 0.4) is 0 Å². The molecule has 32 heavy (non-hydrogen) atoms. The van der Waals surface area contributed by atoms with Crippen LogP contribution in [0.15, 0.2) is 69.9 Å². The van der Waals surface area contributed by atoms with Gasteiger partial charge in [0.2, 0.25) is 14.9 Å². The standard InChI is InChI=1S/C21H17N5O4S2/c1-29-13-8-9-15(17(12-13)30-2)22-19-18-16(10-11-31-18)26-20(23-19)21(24-25-26)32(27,28)14-6-4-3-5-7-14/h3-12H,1-2H3,(H,22,23). The number of ether oxygens (including phenoxy) is 2. The van der Waals surface area contributed by atoms with E-state index in [1.807, 2.05) is 11.4 Å². The lowest BCUT2D eigenvalue weighted by Crippen LogP contribution is -2.05. The highest BCUT2D eigenvalue weighted by Gasteiger charge is 2.27. The van der Waals surface area contributed by atoms with E-state index in [2.05, 4.69) is 20.6 Å². The van der Waals surface area contributed by atoms with Crippen LogP contribution in [-0.2, 0) is 9.84 Å². The lowest BCUT2D eigenvalue weighted by atomic mass is 10.2. The van der Waals surface area contributed by atoms with Gasteiger partial charge in [-0.3, -0.25) is 0 Å². The van der Waals surface area contributed by atoms with Gasteiger partial charge in [0.25, 0.3) is 0 Å². The number of hydrogen-bond acceptors (Lipinski definition) is 9. The predicted octanol–water partition coefficient (Wildman–Crippen LogP) is 3.93. The van der Waals surface area contributed by atoms with Gasteiger partial charge >= 0.3 is 0 Å². The smallest absolute Gasteiger partial charge is 0.229 e. The Morgan fingerprint density at radius 1 is 1.03 bits per heavy atom. The number of fused-ring (bicyclic) bond motifs is 3. The van der Waals surface area contributed by atoms with Crippen molar-refractivity contribution in [3.05, 3.63) is 60.0 Å². The van der Waals surface area contributed by atoms with Crippen molar-refractivity contribution in [2.45, 2.75) is 9.92 Å². The van der Waals surface area contributed by atoms with E-state index in [-0.39, 0.29) is 15.6 Å². The second-order valence-corrected chi connectivity index (χ2v) is 9.51. The molecule has 0 aliphatic heterocycles. The number of thiophene rings is 1. The highest BCUT2D eigenvalue weighted by molar-refractivity contribution is 7.91. The Bertz CT molecular complexity index is 1550. The molecule has 5 aromatic rings. The Balaban J connectivity index is 1.69. The molecule has 0 spiro atoms. The maximum Gasteiger partial charge on any atom is 0.229 e. The van der Waals surface area contributed by atoms with Gasteiger partial charge in [0.15, 0.2) is 11.5 Å². The Morgan fingerprint density at radius 2 is 1.84 bits per heavy atom. The Hall–Kier alpha value is -3.70. The van der Waals surface area contributed by atoms with Gasteiger partial charge in [0, 0.05) is 6.07 Å². The van der Waals surface area contributed by atoms with Crippen molar-refractivity contribution in [3.8, 4) is 11.5 Å². The van der Waals surface area contributed by atoms with E-state index in [4.69, 9.17) is 9.47 Å². The Labute approximate surface area is 187 Å². The molecule has 5 rings (SSSR count). The lowest BCUT2D eigenvalue weighted by Gasteiger charge is -2.13. The highest BCUT2D eigenvalue weighted by atomic mass is 32.2. The molecule has 2 aromatic carbocycles. The molecule has 11 heteroatoms. The molecular formula is C21H17N5O4S2. The number of benzene rings is 2. The number of rotatable bonds is 6. The van der Waals surface area contributed by atoms with Gasteiger partial charge in [0.05, 0.1) is 35.0 Å². The summed E-state index contributed by atoms with van der Waals surface area (Å²) in [5, 5.41) is 13.0. The largest absolute Gasteiger partial charge is 0.497 e. The quantitative estimate of drug-likeness (QED) is 0.400. The van der Waals surface area contributed by atoms with Gasteiger partial charge in [-0.25, -0.2) is 13.4 Å². The topological polar surface area (TPSA) is 108 Å². The first-order valence-corrected chi connectivity index (χ1v) is 11.8. The minimum atomic E-state index is -3.91. The molecule has 0 radical (unpaired) electrons. The van der Waals surface area contributed by atoms with Gasteiger partial charge in [-0.1, -0.05) is 23.4 Å². The molecular weight excluding hydrogens is 450 g/mol.